The minimum Gasteiger partial charge on any atom is -1.00 e. The van der Waals surface area contributed by atoms with E-state index >= 15 is 0 Å². The molecule has 0 spiro atoms. The largest absolute Gasteiger partial charge is 1.00 e. The number of ether oxygens (including phenoxy) is 2. The molecule has 2 aromatic carbocycles. The summed E-state index contributed by atoms with van der Waals surface area (Å²) in [6, 6.07) is 14.7. The molecule has 0 saturated carbocycles. The van der Waals surface area contributed by atoms with E-state index in [1.165, 1.54) is 6.07 Å². The van der Waals surface area contributed by atoms with E-state index in [4.69, 9.17) is 9.47 Å². The van der Waals surface area contributed by atoms with E-state index in [-0.39, 0.29) is 24.3 Å². The normalized spacial score (nSPS) is 15.3. The lowest BCUT2D eigenvalue weighted by molar-refractivity contribution is -0.00000769. The Balaban J connectivity index is 0.00000289. The van der Waals surface area contributed by atoms with Gasteiger partial charge >= 0.3 is 0 Å². The summed E-state index contributed by atoms with van der Waals surface area (Å²) in [5.74, 6) is 1.33. The zero-order valence-corrected chi connectivity index (χ0v) is 19.0. The topological polar surface area (TPSA) is 68.5 Å². The van der Waals surface area contributed by atoms with Gasteiger partial charge in [-0.15, -0.1) is 5.10 Å². The first-order chi connectivity index (χ1) is 15.2. The van der Waals surface area contributed by atoms with E-state index in [1.807, 2.05) is 36.4 Å². The minimum atomic E-state index is -0.194. The Labute approximate surface area is 193 Å². The van der Waals surface area contributed by atoms with E-state index in [0.717, 1.165) is 30.2 Å². The molecule has 1 aromatic heterocycles. The van der Waals surface area contributed by atoms with Gasteiger partial charge in [-0.25, -0.2) is 9.07 Å². The van der Waals surface area contributed by atoms with Crippen LogP contribution in [0.3, 0.4) is 0 Å². The minimum absolute atomic E-state index is 0. The molecule has 0 bridgehead atoms. The number of piperazine rings is 1. The molecule has 0 aliphatic carbocycles. The fraction of sp³-hybridized carbons (Fsp3) is 0.409. The number of hydrogen-bond acceptors (Lipinski definition) is 7. The number of nitrogens with zero attached hydrogens (tertiary/aromatic N) is 6. The van der Waals surface area contributed by atoms with E-state index in [0.29, 0.717) is 31.9 Å². The van der Waals surface area contributed by atoms with E-state index in [1.54, 1.807) is 25.0 Å². The molecule has 2 heterocycles. The van der Waals surface area contributed by atoms with Crippen molar-refractivity contribution >= 4 is 5.69 Å². The van der Waals surface area contributed by atoms with Gasteiger partial charge in [-0.1, -0.05) is 30.3 Å². The highest BCUT2D eigenvalue weighted by atomic mass is 35.5. The molecule has 3 aromatic rings. The average Bonchev–Trinajstić information content (AvgIpc) is 3.27. The Hall–Kier alpha value is -2.75. The third-order valence-corrected chi connectivity index (χ3v) is 5.62. The van der Waals surface area contributed by atoms with Gasteiger partial charge in [0.25, 0.3) is 0 Å². The first kappa shape index (κ1) is 23.9. The van der Waals surface area contributed by atoms with Gasteiger partial charge < -0.3 is 26.8 Å². The van der Waals surface area contributed by atoms with Crippen LogP contribution in [0.25, 0.3) is 0 Å². The van der Waals surface area contributed by atoms with Gasteiger partial charge in [0, 0.05) is 38.9 Å². The summed E-state index contributed by atoms with van der Waals surface area (Å²) in [5.41, 5.74) is 1.64. The maximum absolute atomic E-state index is 14.3. The van der Waals surface area contributed by atoms with Crippen LogP contribution >= 0.6 is 0 Å². The molecule has 1 saturated heterocycles. The molecule has 0 amide bonds. The molecule has 32 heavy (non-hydrogen) atoms. The van der Waals surface area contributed by atoms with Gasteiger partial charge in [0.2, 0.25) is 0 Å². The molecule has 4 rings (SSSR count). The Morgan fingerprint density at radius 3 is 2.44 bits per heavy atom. The third-order valence-electron chi connectivity index (χ3n) is 5.62. The molecule has 1 atom stereocenters. The monoisotopic (exact) mass is 461 g/mol. The summed E-state index contributed by atoms with van der Waals surface area (Å²) in [5, 5.41) is 12.5. The van der Waals surface area contributed by atoms with Gasteiger partial charge in [-0.05, 0) is 28.6 Å². The van der Waals surface area contributed by atoms with Crippen molar-refractivity contribution in [3.05, 3.63) is 65.7 Å². The lowest BCUT2D eigenvalue weighted by Gasteiger charge is -2.40. The van der Waals surface area contributed by atoms with Crippen LogP contribution in [0.4, 0.5) is 10.1 Å². The number of benzene rings is 2. The average molecular weight is 462 g/mol. The summed E-state index contributed by atoms with van der Waals surface area (Å²) in [6.45, 7) is 3.93. The molecular weight excluding hydrogens is 435 g/mol. The zero-order chi connectivity index (χ0) is 21.6. The number of hydrogen-bond donors (Lipinski definition) is 0. The summed E-state index contributed by atoms with van der Waals surface area (Å²) in [4.78, 5) is 4.41. The highest BCUT2D eigenvalue weighted by molar-refractivity contribution is 5.48. The van der Waals surface area contributed by atoms with Crippen molar-refractivity contribution in [2.45, 2.75) is 12.6 Å². The van der Waals surface area contributed by atoms with Crippen molar-refractivity contribution in [3.8, 4) is 5.75 Å². The van der Waals surface area contributed by atoms with E-state index in [9.17, 15) is 4.39 Å². The first-order valence-electron chi connectivity index (χ1n) is 10.3. The number of rotatable bonds is 8. The zero-order valence-electron chi connectivity index (χ0n) is 18.2. The van der Waals surface area contributed by atoms with E-state index < -0.39 is 0 Å². The van der Waals surface area contributed by atoms with Gasteiger partial charge in [0.1, 0.15) is 17.6 Å². The highest BCUT2D eigenvalue weighted by Gasteiger charge is 2.32. The maximum atomic E-state index is 14.3. The smallest absolute Gasteiger partial charge is 0.173 e. The quantitative estimate of drug-likeness (QED) is 0.443. The number of aromatic nitrogens is 4. The van der Waals surface area contributed by atoms with Crippen molar-refractivity contribution in [3.63, 3.8) is 0 Å². The van der Waals surface area contributed by atoms with Crippen LogP contribution in [0.15, 0.2) is 48.5 Å². The number of methoxy groups -OCH3 is 2. The van der Waals surface area contributed by atoms with Crippen molar-refractivity contribution in [2.24, 2.45) is 0 Å². The lowest BCUT2D eigenvalue weighted by atomic mass is 10.0. The molecule has 8 nitrogen and oxygen atoms in total. The van der Waals surface area contributed by atoms with Crippen molar-refractivity contribution in [1.82, 2.24) is 25.1 Å². The van der Waals surface area contributed by atoms with Crippen LogP contribution < -0.4 is 22.0 Å². The lowest BCUT2D eigenvalue weighted by Crippen LogP contribution is -3.00. The fourth-order valence-corrected chi connectivity index (χ4v) is 4.07. The van der Waals surface area contributed by atoms with Crippen LogP contribution in [0, 0.1) is 5.82 Å². The summed E-state index contributed by atoms with van der Waals surface area (Å²) >= 11 is 0. The van der Waals surface area contributed by atoms with Crippen molar-refractivity contribution in [1.29, 1.82) is 0 Å². The predicted octanol–water partition coefficient (Wildman–Crippen LogP) is -0.617. The number of para-hydroxylation sites is 2. The molecule has 1 unspecified atom stereocenters. The molecule has 0 N–H and O–H groups in total. The standard InChI is InChI=1S/C22H27FN6O2.ClH/c1-30-16-15-29-22(24-25-26-29)21(17-7-3-6-10-20(17)31-2)28-13-11-27(12-14-28)19-9-5-4-8-18(19)23;/h3-10,21H,11-16H2,1-2H3;1H/p-1. The molecular formula is C22H27ClFN6O2-. The van der Waals surface area contributed by atoms with Gasteiger partial charge in [0.15, 0.2) is 5.82 Å². The van der Waals surface area contributed by atoms with Crippen LogP contribution in [-0.2, 0) is 11.3 Å². The van der Waals surface area contributed by atoms with Crippen molar-refractivity contribution in [2.75, 3.05) is 51.9 Å². The summed E-state index contributed by atoms with van der Waals surface area (Å²) < 4.78 is 26.9. The molecule has 1 fully saturated rings. The summed E-state index contributed by atoms with van der Waals surface area (Å²) in [6.07, 6.45) is 0. The second kappa shape index (κ2) is 11.2. The van der Waals surface area contributed by atoms with Crippen LogP contribution in [-0.4, -0.2) is 72.1 Å². The number of anilines is 1. The Bertz CT molecular complexity index is 996. The van der Waals surface area contributed by atoms with E-state index in [2.05, 4.69) is 25.3 Å². The molecule has 0 radical (unpaired) electrons. The Kier molecular flexibility index (Phi) is 8.38. The summed E-state index contributed by atoms with van der Waals surface area (Å²) in [7, 11) is 3.32. The molecule has 1 aliphatic rings. The van der Waals surface area contributed by atoms with Crippen molar-refractivity contribution < 1.29 is 26.3 Å². The first-order valence-corrected chi connectivity index (χ1v) is 10.3. The van der Waals surface area contributed by atoms with Crippen LogP contribution in [0.5, 0.6) is 5.75 Å². The van der Waals surface area contributed by atoms with Crippen LogP contribution in [0.2, 0.25) is 0 Å². The second-order valence-electron chi connectivity index (χ2n) is 7.37. The number of halogens is 2. The van der Waals surface area contributed by atoms with Crippen LogP contribution in [0.1, 0.15) is 17.4 Å². The fourth-order valence-electron chi connectivity index (χ4n) is 4.07. The third kappa shape index (κ3) is 5.01. The van der Waals surface area contributed by atoms with Gasteiger partial charge in [-0.2, -0.15) is 0 Å². The molecule has 10 heteroatoms. The second-order valence-corrected chi connectivity index (χ2v) is 7.37. The SMILES string of the molecule is COCCn1nnnc1C(c1ccccc1OC)N1CCN(c2ccccc2F)CC1.[Cl-]. The van der Waals surface area contributed by atoms with Gasteiger partial charge in [0.05, 0.1) is 25.9 Å². The predicted molar refractivity (Wildman–Crippen MR) is 115 cm³/mol. The maximum Gasteiger partial charge on any atom is 0.173 e. The number of tetrazole rings is 1. The Morgan fingerprint density at radius 1 is 1.00 bits per heavy atom. The molecule has 1 aliphatic heterocycles. The van der Waals surface area contributed by atoms with Gasteiger partial charge in [-0.3, -0.25) is 4.90 Å². The molecule has 172 valence electrons. The Morgan fingerprint density at radius 2 is 1.72 bits per heavy atom. The highest BCUT2D eigenvalue weighted by Crippen LogP contribution is 2.34.